The number of benzene rings is 2. The molecule has 0 atom stereocenters. The quantitative estimate of drug-likeness (QED) is 0.162. The number of halogens is 6. The van der Waals surface area contributed by atoms with Gasteiger partial charge in [0.1, 0.15) is 22.8 Å². The van der Waals surface area contributed by atoms with E-state index in [1.165, 1.54) is 6.20 Å². The highest BCUT2D eigenvalue weighted by Gasteiger charge is 2.17. The maximum Gasteiger partial charge on any atom is 0.257 e. The van der Waals surface area contributed by atoms with E-state index in [0.29, 0.717) is 76.9 Å². The molecular formula is C30H18Cl6N6O3. The van der Waals surface area contributed by atoms with E-state index < -0.39 is 10.7 Å². The van der Waals surface area contributed by atoms with Crippen LogP contribution in [0.25, 0.3) is 45.4 Å². The second-order valence-corrected chi connectivity index (χ2v) is 11.8. The lowest BCUT2D eigenvalue weighted by Crippen LogP contribution is -2.18. The normalized spacial score (nSPS) is 10.8. The van der Waals surface area contributed by atoms with Gasteiger partial charge in [-0.1, -0.05) is 92.1 Å². The second-order valence-electron chi connectivity index (χ2n) is 9.04. The Balaban J connectivity index is 0.000000182. The second kappa shape index (κ2) is 14.5. The highest BCUT2D eigenvalue weighted by Crippen LogP contribution is 2.37. The van der Waals surface area contributed by atoms with E-state index >= 15 is 0 Å². The number of hydrogen-bond acceptors (Lipinski definition) is 8. The zero-order valence-electron chi connectivity index (χ0n) is 22.5. The molecule has 0 spiro atoms. The number of carbonyl (C=O) groups excluding carboxylic acids is 1. The number of anilines is 2. The molecule has 0 aliphatic carbocycles. The van der Waals surface area contributed by atoms with Crippen molar-refractivity contribution in [1.29, 1.82) is 0 Å². The summed E-state index contributed by atoms with van der Waals surface area (Å²) in [6.07, 6.45) is 3.11. The average Bonchev–Trinajstić information content (AvgIpc) is 3.69. The lowest BCUT2D eigenvalue weighted by Gasteiger charge is -2.05. The fourth-order valence-electron chi connectivity index (χ4n) is 3.93. The molecule has 0 fully saturated rings. The van der Waals surface area contributed by atoms with Crippen LogP contribution >= 0.6 is 69.6 Å². The van der Waals surface area contributed by atoms with Gasteiger partial charge in [-0.15, -0.1) is 0 Å². The molecule has 0 saturated heterocycles. The van der Waals surface area contributed by atoms with Crippen LogP contribution in [0, 0.1) is 0 Å². The minimum Gasteiger partial charge on any atom is -0.399 e. The lowest BCUT2D eigenvalue weighted by molar-refractivity contribution is -0.114. The van der Waals surface area contributed by atoms with Crippen molar-refractivity contribution in [3.8, 4) is 45.4 Å². The number of rotatable bonds is 6. The molecule has 0 radical (unpaired) electrons. The maximum absolute atomic E-state index is 11.6. The molecule has 0 bridgehead atoms. The fraction of sp³-hybridized carbons (Fsp3) is 0.0333. The fourth-order valence-corrected chi connectivity index (χ4v) is 5.23. The average molecular weight is 723 g/mol. The summed E-state index contributed by atoms with van der Waals surface area (Å²) in [5, 5.41) is 12.5. The molecule has 6 aromatic rings. The summed E-state index contributed by atoms with van der Waals surface area (Å²) >= 11 is 35.7. The van der Waals surface area contributed by atoms with Crippen LogP contribution in [0.5, 0.6) is 0 Å². The Labute approximate surface area is 286 Å². The van der Waals surface area contributed by atoms with E-state index in [1.807, 2.05) is 0 Å². The Kier molecular flexibility index (Phi) is 10.5. The molecule has 15 heteroatoms. The molecule has 0 saturated carbocycles. The first-order valence-corrected chi connectivity index (χ1v) is 15.1. The van der Waals surface area contributed by atoms with Crippen molar-refractivity contribution in [2.45, 2.75) is 4.84 Å². The van der Waals surface area contributed by atoms with E-state index in [2.05, 4.69) is 25.6 Å². The molecule has 228 valence electrons. The molecule has 0 aliphatic rings. The molecule has 0 aliphatic heterocycles. The standard InChI is InChI=1S/C16H9Cl4N3O2.C14H9Cl2N3O/c17-9-2-1-3-10(18)14(9)12-7-13(25-23-12)11-6-8(4-5-21-11)22-16(24)15(19)20;15-9-2-1-3-10(16)14(9)12-7-13(20-19-12)11-6-8(17)4-5-18-11/h1-7,15H,(H,21,22,24);1-7H,(H2,17,18). The predicted octanol–water partition coefficient (Wildman–Crippen LogP) is 9.75. The summed E-state index contributed by atoms with van der Waals surface area (Å²) in [6, 6.07) is 20.4. The van der Waals surface area contributed by atoms with Crippen molar-refractivity contribution in [3.63, 3.8) is 0 Å². The van der Waals surface area contributed by atoms with Crippen molar-refractivity contribution in [2.24, 2.45) is 0 Å². The van der Waals surface area contributed by atoms with Crippen molar-refractivity contribution in [3.05, 3.63) is 105 Å². The minimum absolute atomic E-state index is 0.385. The largest absolute Gasteiger partial charge is 0.399 e. The number of hydrogen-bond donors (Lipinski definition) is 2. The highest BCUT2D eigenvalue weighted by atomic mass is 35.5. The van der Waals surface area contributed by atoms with Crippen molar-refractivity contribution >= 4 is 86.9 Å². The number of nitrogens with zero attached hydrogens (tertiary/aromatic N) is 4. The number of carbonyl (C=O) groups is 1. The number of amides is 1. The van der Waals surface area contributed by atoms with Crippen molar-refractivity contribution in [2.75, 3.05) is 11.1 Å². The van der Waals surface area contributed by atoms with Gasteiger partial charge in [-0.3, -0.25) is 14.8 Å². The Morgan fingerprint density at radius 2 is 1.13 bits per heavy atom. The van der Waals surface area contributed by atoms with E-state index in [1.54, 1.807) is 79.0 Å². The van der Waals surface area contributed by atoms with Crippen LogP contribution in [-0.4, -0.2) is 31.0 Å². The third-order valence-corrected chi connectivity index (χ3v) is 7.63. The highest BCUT2D eigenvalue weighted by molar-refractivity contribution is 6.54. The van der Waals surface area contributed by atoms with Gasteiger partial charge >= 0.3 is 0 Å². The zero-order chi connectivity index (χ0) is 32.1. The van der Waals surface area contributed by atoms with Crippen molar-refractivity contribution < 1.29 is 13.8 Å². The van der Waals surface area contributed by atoms with Gasteiger partial charge in [-0.05, 0) is 48.5 Å². The van der Waals surface area contributed by atoms with Crippen LogP contribution in [0.3, 0.4) is 0 Å². The van der Waals surface area contributed by atoms with Gasteiger partial charge in [0.2, 0.25) is 0 Å². The minimum atomic E-state index is -1.17. The number of alkyl halides is 2. The first-order valence-electron chi connectivity index (χ1n) is 12.7. The summed E-state index contributed by atoms with van der Waals surface area (Å²) in [5.41, 5.74) is 10.1. The molecule has 4 heterocycles. The maximum atomic E-state index is 11.6. The van der Waals surface area contributed by atoms with Gasteiger partial charge in [0.15, 0.2) is 16.4 Å². The number of pyridine rings is 2. The van der Waals surface area contributed by atoms with Gasteiger partial charge in [0.25, 0.3) is 5.91 Å². The predicted molar refractivity (Wildman–Crippen MR) is 179 cm³/mol. The van der Waals surface area contributed by atoms with E-state index in [-0.39, 0.29) is 0 Å². The molecule has 1 amide bonds. The topological polar surface area (TPSA) is 133 Å². The molecule has 2 aromatic carbocycles. The van der Waals surface area contributed by atoms with Crippen LogP contribution in [0.1, 0.15) is 0 Å². The van der Waals surface area contributed by atoms with Crippen LogP contribution in [0.15, 0.2) is 94.2 Å². The summed E-state index contributed by atoms with van der Waals surface area (Å²) in [6.45, 7) is 0. The van der Waals surface area contributed by atoms with Crippen LogP contribution < -0.4 is 11.1 Å². The summed E-state index contributed by atoms with van der Waals surface area (Å²) in [5.74, 6) is 0.347. The van der Waals surface area contributed by atoms with E-state index in [9.17, 15) is 4.79 Å². The van der Waals surface area contributed by atoms with Crippen LogP contribution in [-0.2, 0) is 4.79 Å². The van der Waals surface area contributed by atoms with Gasteiger partial charge in [0.05, 0.1) is 20.1 Å². The van der Waals surface area contributed by atoms with E-state index in [4.69, 9.17) is 84.4 Å². The van der Waals surface area contributed by atoms with Crippen LogP contribution in [0.2, 0.25) is 20.1 Å². The first-order chi connectivity index (χ1) is 21.6. The Hall–Kier alpha value is -3.83. The Morgan fingerprint density at radius 1 is 0.667 bits per heavy atom. The van der Waals surface area contributed by atoms with Crippen molar-refractivity contribution in [1.82, 2.24) is 20.3 Å². The molecule has 45 heavy (non-hydrogen) atoms. The summed E-state index contributed by atoms with van der Waals surface area (Å²) in [4.78, 5) is 18.8. The third kappa shape index (κ3) is 7.88. The first kappa shape index (κ1) is 32.6. The van der Waals surface area contributed by atoms with Crippen LogP contribution in [0.4, 0.5) is 11.4 Å². The summed E-state index contributed by atoms with van der Waals surface area (Å²) < 4.78 is 10.6. The monoisotopic (exact) mass is 720 g/mol. The zero-order valence-corrected chi connectivity index (χ0v) is 27.1. The molecule has 6 rings (SSSR count). The molecule has 3 N–H and O–H groups in total. The lowest BCUT2D eigenvalue weighted by atomic mass is 10.1. The number of nitrogens with two attached hydrogens (primary N) is 1. The SMILES string of the molecule is Nc1ccnc(-c2cc(-c3c(Cl)cccc3Cl)no2)c1.O=C(Nc1ccnc(-c2cc(-c3c(Cl)cccc3Cl)no2)c1)C(Cl)Cl. The smallest absolute Gasteiger partial charge is 0.257 e. The van der Waals surface area contributed by atoms with Gasteiger partial charge in [-0.2, -0.15) is 0 Å². The number of nitrogen functional groups attached to an aromatic ring is 1. The molecule has 0 unspecified atom stereocenters. The third-order valence-electron chi connectivity index (χ3n) is 5.97. The summed E-state index contributed by atoms with van der Waals surface area (Å²) in [7, 11) is 0. The van der Waals surface area contributed by atoms with Gasteiger partial charge < -0.3 is 20.1 Å². The van der Waals surface area contributed by atoms with Gasteiger partial charge in [-0.25, -0.2) is 0 Å². The number of nitrogens with one attached hydrogen (secondary N) is 1. The molecule has 4 aromatic heterocycles. The van der Waals surface area contributed by atoms with E-state index in [0.717, 1.165) is 0 Å². The Morgan fingerprint density at radius 3 is 1.60 bits per heavy atom. The van der Waals surface area contributed by atoms with Gasteiger partial charge in [0, 0.05) is 47.0 Å². The Bertz CT molecular complexity index is 1940. The molecule has 9 nitrogen and oxygen atoms in total. The molecular weight excluding hydrogens is 705 g/mol. The number of aromatic nitrogens is 4.